The summed E-state index contributed by atoms with van der Waals surface area (Å²) in [4.78, 5) is 25.4. The highest BCUT2D eigenvalue weighted by atomic mass is 32.1. The average Bonchev–Trinajstić information content (AvgIpc) is 3.17. The lowest BCUT2D eigenvalue weighted by atomic mass is 10.2. The number of rotatable bonds is 8. The minimum Gasteiger partial charge on any atom is -0.497 e. The Morgan fingerprint density at radius 3 is 2.65 bits per heavy atom. The van der Waals surface area contributed by atoms with Crippen LogP contribution in [0.25, 0.3) is 6.08 Å². The minimum atomic E-state index is -0.597. The first-order valence-electron chi connectivity index (χ1n) is 7.85. The molecular formula is C19H21NO5S. The van der Waals surface area contributed by atoms with Crippen molar-refractivity contribution in [3.63, 3.8) is 0 Å². The third kappa shape index (κ3) is 5.63. The van der Waals surface area contributed by atoms with Crippen LogP contribution in [0.1, 0.15) is 11.1 Å². The van der Waals surface area contributed by atoms with Gasteiger partial charge in [-0.2, -0.15) is 11.3 Å². The number of hydrogen-bond donors (Lipinski definition) is 0. The van der Waals surface area contributed by atoms with Crippen molar-refractivity contribution in [1.29, 1.82) is 0 Å². The van der Waals surface area contributed by atoms with Crippen molar-refractivity contribution in [3.05, 3.63) is 52.2 Å². The van der Waals surface area contributed by atoms with E-state index in [4.69, 9.17) is 14.2 Å². The molecule has 2 aromatic rings. The maximum atomic E-state index is 12.0. The number of ether oxygens (including phenoxy) is 3. The molecule has 0 N–H and O–H groups in total. The molecule has 138 valence electrons. The van der Waals surface area contributed by atoms with Gasteiger partial charge in [-0.3, -0.25) is 4.79 Å². The number of benzene rings is 1. The molecule has 1 heterocycles. The van der Waals surface area contributed by atoms with Crippen LogP contribution in [-0.4, -0.2) is 44.7 Å². The number of hydrogen-bond acceptors (Lipinski definition) is 6. The van der Waals surface area contributed by atoms with E-state index in [-0.39, 0.29) is 12.5 Å². The highest BCUT2D eigenvalue weighted by molar-refractivity contribution is 7.07. The largest absolute Gasteiger partial charge is 0.497 e. The Labute approximate surface area is 156 Å². The van der Waals surface area contributed by atoms with Crippen LogP contribution in [0.15, 0.2) is 41.1 Å². The predicted octanol–water partition coefficient (Wildman–Crippen LogP) is 2.98. The smallest absolute Gasteiger partial charge is 0.331 e. The molecule has 1 aromatic heterocycles. The molecule has 0 atom stereocenters. The Bertz CT molecular complexity index is 770. The quantitative estimate of drug-likeness (QED) is 0.524. The Hall–Kier alpha value is -2.80. The van der Waals surface area contributed by atoms with Crippen LogP contribution in [0.2, 0.25) is 0 Å². The Kier molecular flexibility index (Phi) is 7.23. The van der Waals surface area contributed by atoms with Gasteiger partial charge in [0.15, 0.2) is 6.61 Å². The second-order valence-corrected chi connectivity index (χ2v) is 6.21. The van der Waals surface area contributed by atoms with Crippen molar-refractivity contribution in [2.75, 3.05) is 27.9 Å². The first-order chi connectivity index (χ1) is 12.5. The molecule has 0 saturated heterocycles. The van der Waals surface area contributed by atoms with Gasteiger partial charge in [0, 0.05) is 31.3 Å². The van der Waals surface area contributed by atoms with E-state index in [2.05, 4.69) is 0 Å². The van der Waals surface area contributed by atoms with Crippen molar-refractivity contribution in [3.8, 4) is 11.5 Å². The number of methoxy groups -OCH3 is 2. The van der Waals surface area contributed by atoms with Crippen molar-refractivity contribution in [2.24, 2.45) is 0 Å². The molecule has 0 fully saturated rings. The number of carbonyl (C=O) groups excluding carboxylic acids is 2. The van der Waals surface area contributed by atoms with Gasteiger partial charge in [0.1, 0.15) is 11.5 Å². The van der Waals surface area contributed by atoms with E-state index in [1.807, 2.05) is 16.8 Å². The van der Waals surface area contributed by atoms with E-state index in [0.717, 1.165) is 5.56 Å². The number of nitrogens with zero attached hydrogens (tertiary/aromatic N) is 1. The molecule has 0 aliphatic rings. The summed E-state index contributed by atoms with van der Waals surface area (Å²) >= 11 is 1.57. The highest BCUT2D eigenvalue weighted by Gasteiger charge is 2.12. The molecule has 0 saturated carbocycles. The van der Waals surface area contributed by atoms with E-state index in [1.165, 1.54) is 18.1 Å². The van der Waals surface area contributed by atoms with E-state index in [9.17, 15) is 9.59 Å². The topological polar surface area (TPSA) is 65.1 Å². The SMILES string of the molecule is COc1ccc(/C=C/C(=O)OCC(=O)N(C)Cc2ccsc2)c(OC)c1. The first kappa shape index (κ1) is 19.5. The fourth-order valence-electron chi connectivity index (χ4n) is 2.15. The van der Waals surface area contributed by atoms with Crippen LogP contribution in [0.3, 0.4) is 0 Å². The fourth-order valence-corrected chi connectivity index (χ4v) is 2.81. The van der Waals surface area contributed by atoms with Gasteiger partial charge in [-0.05, 0) is 40.6 Å². The number of thiophene rings is 1. The summed E-state index contributed by atoms with van der Waals surface area (Å²) in [6.45, 7) is 0.183. The molecule has 2 rings (SSSR count). The normalized spacial score (nSPS) is 10.6. The van der Waals surface area contributed by atoms with Gasteiger partial charge in [-0.25, -0.2) is 4.79 Å². The molecule has 0 bridgehead atoms. The zero-order valence-electron chi connectivity index (χ0n) is 14.9. The molecular weight excluding hydrogens is 354 g/mol. The van der Waals surface area contributed by atoms with Crippen LogP contribution in [0.4, 0.5) is 0 Å². The summed E-state index contributed by atoms with van der Waals surface area (Å²) < 4.78 is 15.4. The molecule has 6 nitrogen and oxygen atoms in total. The van der Waals surface area contributed by atoms with Gasteiger partial charge in [0.25, 0.3) is 5.91 Å². The Morgan fingerprint density at radius 2 is 2.00 bits per heavy atom. The van der Waals surface area contributed by atoms with Crippen LogP contribution >= 0.6 is 11.3 Å². The van der Waals surface area contributed by atoms with E-state index in [1.54, 1.807) is 49.8 Å². The van der Waals surface area contributed by atoms with Gasteiger partial charge in [-0.1, -0.05) is 0 Å². The van der Waals surface area contributed by atoms with E-state index in [0.29, 0.717) is 23.6 Å². The third-order valence-electron chi connectivity index (χ3n) is 3.60. The Morgan fingerprint density at radius 1 is 1.19 bits per heavy atom. The molecule has 0 aliphatic heterocycles. The van der Waals surface area contributed by atoms with Gasteiger partial charge in [-0.15, -0.1) is 0 Å². The zero-order valence-corrected chi connectivity index (χ0v) is 15.7. The monoisotopic (exact) mass is 375 g/mol. The Balaban J connectivity index is 1.86. The van der Waals surface area contributed by atoms with E-state index >= 15 is 0 Å². The number of carbonyl (C=O) groups is 2. The molecule has 0 spiro atoms. The summed E-state index contributed by atoms with van der Waals surface area (Å²) in [5, 5.41) is 3.92. The summed E-state index contributed by atoms with van der Waals surface area (Å²) in [7, 11) is 4.77. The minimum absolute atomic E-state index is 0.264. The second-order valence-electron chi connectivity index (χ2n) is 5.43. The van der Waals surface area contributed by atoms with Gasteiger partial charge in [0.2, 0.25) is 0 Å². The molecule has 0 radical (unpaired) electrons. The van der Waals surface area contributed by atoms with Gasteiger partial charge in [0.05, 0.1) is 14.2 Å². The fraction of sp³-hybridized carbons (Fsp3) is 0.263. The highest BCUT2D eigenvalue weighted by Crippen LogP contribution is 2.25. The summed E-state index contributed by atoms with van der Waals surface area (Å²) in [5.41, 5.74) is 1.75. The van der Waals surface area contributed by atoms with Crippen LogP contribution < -0.4 is 9.47 Å². The second kappa shape index (κ2) is 9.62. The third-order valence-corrected chi connectivity index (χ3v) is 4.34. The number of likely N-dealkylation sites (N-methyl/N-ethyl adjacent to an activating group) is 1. The summed E-state index contributed by atoms with van der Waals surface area (Å²) in [5.74, 6) is 0.362. The molecule has 1 aromatic carbocycles. The molecule has 0 aliphatic carbocycles. The molecule has 7 heteroatoms. The van der Waals surface area contributed by atoms with Gasteiger partial charge < -0.3 is 19.1 Å². The van der Waals surface area contributed by atoms with E-state index < -0.39 is 5.97 Å². The van der Waals surface area contributed by atoms with Crippen molar-refractivity contribution in [2.45, 2.75) is 6.54 Å². The van der Waals surface area contributed by atoms with Gasteiger partial charge >= 0.3 is 5.97 Å². The van der Waals surface area contributed by atoms with Crippen LogP contribution in [0.5, 0.6) is 11.5 Å². The van der Waals surface area contributed by atoms with Crippen LogP contribution in [-0.2, 0) is 20.9 Å². The maximum absolute atomic E-state index is 12.0. The average molecular weight is 375 g/mol. The number of esters is 1. The van der Waals surface area contributed by atoms with Crippen LogP contribution in [0, 0.1) is 0 Å². The maximum Gasteiger partial charge on any atom is 0.331 e. The lowest BCUT2D eigenvalue weighted by Crippen LogP contribution is -2.30. The molecule has 26 heavy (non-hydrogen) atoms. The number of amides is 1. The standard InChI is InChI=1S/C19H21NO5S/c1-20(11-14-8-9-26-13-14)18(21)12-25-19(22)7-5-15-4-6-16(23-2)10-17(15)24-3/h4-10,13H,11-12H2,1-3H3/b7-5+. The van der Waals surface area contributed by atoms with Crippen molar-refractivity contribution < 1.29 is 23.8 Å². The zero-order chi connectivity index (χ0) is 18.9. The predicted molar refractivity (Wildman–Crippen MR) is 100 cm³/mol. The first-order valence-corrected chi connectivity index (χ1v) is 8.79. The summed E-state index contributed by atoms with van der Waals surface area (Å²) in [6, 6.07) is 7.19. The lowest BCUT2D eigenvalue weighted by molar-refractivity contribution is -0.147. The van der Waals surface area contributed by atoms with Crippen molar-refractivity contribution in [1.82, 2.24) is 4.90 Å². The molecule has 1 amide bonds. The van der Waals surface area contributed by atoms with Crippen molar-refractivity contribution >= 4 is 29.3 Å². The molecule has 0 unspecified atom stereocenters. The lowest BCUT2D eigenvalue weighted by Gasteiger charge is -2.15. The summed E-state index contributed by atoms with van der Waals surface area (Å²) in [6.07, 6.45) is 2.83.